The van der Waals surface area contributed by atoms with Gasteiger partial charge in [-0.05, 0) is 24.8 Å². The van der Waals surface area contributed by atoms with Crippen LogP contribution in [0.1, 0.15) is 52.9 Å². The van der Waals surface area contributed by atoms with E-state index < -0.39 is 0 Å². The largest absolute Gasteiger partial charge is 0.331 e. The van der Waals surface area contributed by atoms with Gasteiger partial charge in [-0.15, -0.1) is 0 Å². The van der Waals surface area contributed by atoms with Gasteiger partial charge in [-0.3, -0.25) is 0 Å². The average Bonchev–Trinajstić information content (AvgIpc) is 2.72. The molecule has 0 aromatic heterocycles. The maximum Gasteiger partial charge on any atom is -0.0106 e. The van der Waals surface area contributed by atoms with Gasteiger partial charge in [0.15, 0.2) is 0 Å². The van der Waals surface area contributed by atoms with Gasteiger partial charge in [0.1, 0.15) is 0 Å². The fourth-order valence-corrected chi connectivity index (χ4v) is 2.17. The Morgan fingerprint density at radius 3 is 1.33 bits per heavy atom. The molecule has 2 saturated carbocycles. The quantitative estimate of drug-likeness (QED) is 0.595. The summed E-state index contributed by atoms with van der Waals surface area (Å²) in [7, 11) is 0. The van der Waals surface area contributed by atoms with E-state index in [0.717, 1.165) is 6.54 Å². The van der Waals surface area contributed by atoms with Gasteiger partial charge in [0, 0.05) is 0 Å². The Kier molecular flexibility index (Phi) is 7.58. The standard InChI is InChI=1S/C7H12.C2H7N.C2H6/c1-2-7-4-3-6(1)5-7;1-2-3;1-2/h6-7H,1-5H2;2-3H2,1H3;1-2H3. The van der Waals surface area contributed by atoms with Gasteiger partial charge in [0.25, 0.3) is 0 Å². The molecule has 0 spiro atoms. The third kappa shape index (κ3) is 4.10. The first-order chi connectivity index (χ1) is 5.86. The molecule has 0 heterocycles. The maximum atomic E-state index is 4.85. The van der Waals surface area contributed by atoms with Crippen molar-refractivity contribution in [2.75, 3.05) is 6.54 Å². The smallest absolute Gasteiger partial charge is 0.0106 e. The van der Waals surface area contributed by atoms with Crippen molar-refractivity contribution in [2.45, 2.75) is 52.9 Å². The van der Waals surface area contributed by atoms with Crippen LogP contribution in [0.25, 0.3) is 0 Å². The van der Waals surface area contributed by atoms with Crippen molar-refractivity contribution in [3.63, 3.8) is 0 Å². The van der Waals surface area contributed by atoms with Gasteiger partial charge in [0.2, 0.25) is 0 Å². The molecular weight excluding hydrogens is 146 g/mol. The van der Waals surface area contributed by atoms with E-state index in [1.807, 2.05) is 20.8 Å². The monoisotopic (exact) mass is 171 g/mol. The van der Waals surface area contributed by atoms with E-state index >= 15 is 0 Å². The Bertz CT molecular complexity index is 73.0. The second kappa shape index (κ2) is 7.60. The molecule has 2 fully saturated rings. The van der Waals surface area contributed by atoms with E-state index in [9.17, 15) is 0 Å². The molecule has 0 saturated heterocycles. The highest BCUT2D eigenvalue weighted by molar-refractivity contribution is 4.82. The van der Waals surface area contributed by atoms with Crippen LogP contribution in [0.4, 0.5) is 0 Å². The SMILES string of the molecule is C1CC2CCC1C2.CC.CCN. The van der Waals surface area contributed by atoms with E-state index in [-0.39, 0.29) is 0 Å². The lowest BCUT2D eigenvalue weighted by Crippen LogP contribution is -1.90. The molecule has 74 valence electrons. The van der Waals surface area contributed by atoms with E-state index in [1.54, 1.807) is 32.1 Å². The van der Waals surface area contributed by atoms with Crippen molar-refractivity contribution in [1.82, 2.24) is 0 Å². The zero-order chi connectivity index (χ0) is 9.40. The first kappa shape index (κ1) is 12.0. The van der Waals surface area contributed by atoms with Gasteiger partial charge in [0.05, 0.1) is 0 Å². The molecule has 0 amide bonds. The summed E-state index contributed by atoms with van der Waals surface area (Å²) >= 11 is 0. The summed E-state index contributed by atoms with van der Waals surface area (Å²) in [6.45, 7) is 6.65. The fraction of sp³-hybridized carbons (Fsp3) is 1.00. The normalized spacial score (nSPS) is 30.0. The van der Waals surface area contributed by atoms with Crippen LogP contribution in [0.3, 0.4) is 0 Å². The van der Waals surface area contributed by atoms with Crippen molar-refractivity contribution in [2.24, 2.45) is 17.6 Å². The molecule has 0 aromatic rings. The van der Waals surface area contributed by atoms with Crippen LogP contribution < -0.4 is 5.73 Å². The molecule has 12 heavy (non-hydrogen) atoms. The van der Waals surface area contributed by atoms with E-state index in [4.69, 9.17) is 5.73 Å². The number of hydrogen-bond donors (Lipinski definition) is 1. The van der Waals surface area contributed by atoms with Crippen molar-refractivity contribution in [3.8, 4) is 0 Å². The van der Waals surface area contributed by atoms with Crippen LogP contribution in [0.2, 0.25) is 0 Å². The Morgan fingerprint density at radius 2 is 1.25 bits per heavy atom. The lowest BCUT2D eigenvalue weighted by Gasteiger charge is -2.05. The van der Waals surface area contributed by atoms with Gasteiger partial charge in [-0.25, -0.2) is 0 Å². The van der Waals surface area contributed by atoms with Crippen LogP contribution in [0.15, 0.2) is 0 Å². The molecule has 2 aliphatic rings. The Labute approximate surface area is 77.7 Å². The summed E-state index contributed by atoms with van der Waals surface area (Å²) in [6.07, 6.45) is 7.82. The molecule has 0 atom stereocenters. The first-order valence-corrected chi connectivity index (χ1v) is 5.56. The molecule has 0 radical (unpaired) electrons. The summed E-state index contributed by atoms with van der Waals surface area (Å²) in [5.74, 6) is 2.34. The molecule has 1 heteroatoms. The second-order valence-electron chi connectivity index (χ2n) is 3.53. The zero-order valence-electron chi connectivity index (χ0n) is 8.97. The number of hydrogen-bond acceptors (Lipinski definition) is 1. The fourth-order valence-electron chi connectivity index (χ4n) is 2.17. The highest BCUT2D eigenvalue weighted by Gasteiger charge is 2.30. The lowest BCUT2D eigenvalue weighted by atomic mass is 10.0. The van der Waals surface area contributed by atoms with Crippen LogP contribution in [0.5, 0.6) is 0 Å². The predicted octanol–water partition coefficient (Wildman–Crippen LogP) is 3.19. The van der Waals surface area contributed by atoms with Crippen molar-refractivity contribution >= 4 is 0 Å². The summed E-state index contributed by atoms with van der Waals surface area (Å²) < 4.78 is 0. The van der Waals surface area contributed by atoms with Crippen LogP contribution in [0, 0.1) is 11.8 Å². The molecule has 2 rings (SSSR count). The Morgan fingerprint density at radius 1 is 1.00 bits per heavy atom. The molecule has 0 aromatic carbocycles. The van der Waals surface area contributed by atoms with E-state index in [1.165, 1.54) is 11.8 Å². The minimum absolute atomic E-state index is 0.750. The summed E-state index contributed by atoms with van der Waals surface area (Å²) in [5, 5.41) is 0. The van der Waals surface area contributed by atoms with Crippen molar-refractivity contribution in [3.05, 3.63) is 0 Å². The average molecular weight is 171 g/mol. The topological polar surface area (TPSA) is 26.0 Å². The van der Waals surface area contributed by atoms with Gasteiger partial charge >= 0.3 is 0 Å². The van der Waals surface area contributed by atoms with Gasteiger partial charge in [-0.2, -0.15) is 0 Å². The number of nitrogens with two attached hydrogens (primary N) is 1. The summed E-state index contributed by atoms with van der Waals surface area (Å²) in [6, 6.07) is 0. The highest BCUT2D eigenvalue weighted by atomic mass is 14.5. The van der Waals surface area contributed by atoms with Crippen LogP contribution >= 0.6 is 0 Å². The third-order valence-electron chi connectivity index (χ3n) is 2.63. The van der Waals surface area contributed by atoms with Crippen molar-refractivity contribution in [1.29, 1.82) is 0 Å². The predicted molar refractivity (Wildman–Crippen MR) is 56.1 cm³/mol. The Hall–Kier alpha value is -0.0400. The third-order valence-corrected chi connectivity index (χ3v) is 2.63. The molecule has 2 bridgehead atoms. The minimum atomic E-state index is 0.750. The lowest BCUT2D eigenvalue weighted by molar-refractivity contribution is 0.480. The molecule has 2 aliphatic carbocycles. The summed E-state index contributed by atoms with van der Waals surface area (Å²) in [4.78, 5) is 0. The molecule has 0 aliphatic heterocycles. The van der Waals surface area contributed by atoms with Gasteiger partial charge in [-0.1, -0.05) is 46.5 Å². The Balaban J connectivity index is 0.000000211. The minimum Gasteiger partial charge on any atom is -0.331 e. The second-order valence-corrected chi connectivity index (χ2v) is 3.53. The van der Waals surface area contributed by atoms with E-state index in [0.29, 0.717) is 0 Å². The first-order valence-electron chi connectivity index (χ1n) is 5.56. The van der Waals surface area contributed by atoms with E-state index in [2.05, 4.69) is 0 Å². The number of rotatable bonds is 0. The molecular formula is C11H25N. The van der Waals surface area contributed by atoms with Crippen molar-refractivity contribution < 1.29 is 0 Å². The van der Waals surface area contributed by atoms with Crippen LogP contribution in [-0.4, -0.2) is 6.54 Å². The van der Waals surface area contributed by atoms with Crippen LogP contribution in [-0.2, 0) is 0 Å². The maximum absolute atomic E-state index is 4.85. The molecule has 0 unspecified atom stereocenters. The summed E-state index contributed by atoms with van der Waals surface area (Å²) in [5.41, 5.74) is 4.85. The number of fused-ring (bicyclic) bond motifs is 2. The molecule has 1 nitrogen and oxygen atoms in total. The molecule has 2 N–H and O–H groups in total. The zero-order valence-corrected chi connectivity index (χ0v) is 8.97. The highest BCUT2D eigenvalue weighted by Crippen LogP contribution is 2.43. The van der Waals surface area contributed by atoms with Gasteiger partial charge < -0.3 is 5.73 Å².